The maximum Gasteiger partial charge on any atom is 0.273 e. The zero-order valence-electron chi connectivity index (χ0n) is 9.43. The Labute approximate surface area is 99.5 Å². The molecule has 0 amide bonds. The highest BCUT2D eigenvalue weighted by molar-refractivity contribution is 5.49. The molecule has 1 radical (unpaired) electrons. The molecule has 0 atom stereocenters. The predicted molar refractivity (Wildman–Crippen MR) is 63.0 cm³/mol. The topological polar surface area (TPSA) is 69.4 Å². The number of carbonyl (C=O) groups excluding carboxylic acids is 1. The normalized spacial score (nSPS) is 9.94. The summed E-state index contributed by atoms with van der Waals surface area (Å²) in [5, 5.41) is 10.6. The highest BCUT2D eigenvalue weighted by atomic mass is 16.6. The lowest BCUT2D eigenvalue weighted by atomic mass is 10.2. The minimum atomic E-state index is -0.478. The highest BCUT2D eigenvalue weighted by Crippen LogP contribution is 2.22. The van der Waals surface area contributed by atoms with Crippen LogP contribution in [0.3, 0.4) is 0 Å². The van der Waals surface area contributed by atoms with Crippen molar-refractivity contribution in [2.75, 3.05) is 6.61 Å². The summed E-state index contributed by atoms with van der Waals surface area (Å²) in [5.74, 6) is 0.440. The molecule has 0 saturated carbocycles. The number of unbranched alkanes of at least 4 members (excludes halogenated alkanes) is 2. The van der Waals surface area contributed by atoms with Crippen molar-refractivity contribution in [3.05, 3.63) is 40.8 Å². The second-order valence-electron chi connectivity index (χ2n) is 3.60. The average molecular weight is 236 g/mol. The van der Waals surface area contributed by atoms with Crippen LogP contribution < -0.4 is 4.74 Å². The number of nitrogens with zero attached hydrogens (tertiary/aromatic N) is 1. The van der Waals surface area contributed by atoms with E-state index in [0.29, 0.717) is 24.3 Å². The summed E-state index contributed by atoms with van der Waals surface area (Å²) in [6, 6.07) is 4.40. The van der Waals surface area contributed by atoms with Crippen LogP contribution in [-0.2, 0) is 4.79 Å². The number of aldehydes is 1. The number of ether oxygens (including phenoxy) is 1. The van der Waals surface area contributed by atoms with E-state index in [9.17, 15) is 14.9 Å². The van der Waals surface area contributed by atoms with Crippen LogP contribution in [0.15, 0.2) is 18.2 Å². The van der Waals surface area contributed by atoms with Gasteiger partial charge in [-0.05, 0) is 31.4 Å². The first kappa shape index (κ1) is 13.2. The standard InChI is InChI=1S/C12H14NO4/c1-10-7-11(13(15)16)9-12(8-10)17-6-4-2-3-5-14/h5,7-9H,1-4,6H2. The van der Waals surface area contributed by atoms with Gasteiger partial charge in [-0.1, -0.05) is 0 Å². The lowest BCUT2D eigenvalue weighted by Crippen LogP contribution is -1.99. The van der Waals surface area contributed by atoms with E-state index in [2.05, 4.69) is 6.92 Å². The fourth-order valence-electron chi connectivity index (χ4n) is 1.35. The fourth-order valence-corrected chi connectivity index (χ4v) is 1.35. The molecule has 1 rings (SSSR count). The Balaban J connectivity index is 2.53. The molecule has 1 aromatic rings. The first-order valence-electron chi connectivity index (χ1n) is 5.31. The van der Waals surface area contributed by atoms with Crippen LogP contribution in [0.1, 0.15) is 24.8 Å². The lowest BCUT2D eigenvalue weighted by Gasteiger charge is -2.06. The molecular formula is C12H14NO4. The van der Waals surface area contributed by atoms with Crippen molar-refractivity contribution in [2.24, 2.45) is 0 Å². The molecule has 5 heteroatoms. The van der Waals surface area contributed by atoms with Gasteiger partial charge in [0.05, 0.1) is 17.6 Å². The van der Waals surface area contributed by atoms with E-state index in [1.54, 1.807) is 6.07 Å². The highest BCUT2D eigenvalue weighted by Gasteiger charge is 2.08. The Bertz CT molecular complexity index is 403. The van der Waals surface area contributed by atoms with Crippen LogP contribution in [0.5, 0.6) is 5.75 Å². The van der Waals surface area contributed by atoms with Crippen molar-refractivity contribution < 1.29 is 14.5 Å². The van der Waals surface area contributed by atoms with Gasteiger partial charge in [-0.3, -0.25) is 10.1 Å². The Morgan fingerprint density at radius 3 is 2.76 bits per heavy atom. The second kappa shape index (κ2) is 6.62. The number of nitro groups is 1. The second-order valence-corrected chi connectivity index (χ2v) is 3.60. The van der Waals surface area contributed by atoms with Crippen LogP contribution in [0.25, 0.3) is 0 Å². The van der Waals surface area contributed by atoms with Crippen molar-refractivity contribution in [1.82, 2.24) is 0 Å². The summed E-state index contributed by atoms with van der Waals surface area (Å²) in [7, 11) is 0. The van der Waals surface area contributed by atoms with Gasteiger partial charge in [0.15, 0.2) is 0 Å². The van der Waals surface area contributed by atoms with Gasteiger partial charge in [0.25, 0.3) is 5.69 Å². The first-order chi connectivity index (χ1) is 8.13. The van der Waals surface area contributed by atoms with Crippen molar-refractivity contribution in [3.8, 4) is 5.75 Å². The maximum absolute atomic E-state index is 10.6. The van der Waals surface area contributed by atoms with E-state index in [1.807, 2.05) is 0 Å². The first-order valence-corrected chi connectivity index (χ1v) is 5.31. The molecule has 91 valence electrons. The summed E-state index contributed by atoms with van der Waals surface area (Å²) in [6.07, 6.45) is 2.88. The Hall–Kier alpha value is -1.91. The Morgan fingerprint density at radius 1 is 1.35 bits per heavy atom. The third-order valence-electron chi connectivity index (χ3n) is 2.15. The molecule has 0 aromatic heterocycles. The van der Waals surface area contributed by atoms with E-state index in [4.69, 9.17) is 4.74 Å². The summed E-state index contributed by atoms with van der Waals surface area (Å²) in [4.78, 5) is 20.2. The molecular weight excluding hydrogens is 222 g/mol. The van der Waals surface area contributed by atoms with Gasteiger partial charge in [0.1, 0.15) is 12.0 Å². The molecule has 0 spiro atoms. The van der Waals surface area contributed by atoms with Gasteiger partial charge >= 0.3 is 0 Å². The molecule has 0 fully saturated rings. The average Bonchev–Trinajstić information content (AvgIpc) is 2.28. The van der Waals surface area contributed by atoms with Crippen LogP contribution in [0, 0.1) is 17.0 Å². The number of hydrogen-bond acceptors (Lipinski definition) is 4. The number of benzene rings is 1. The van der Waals surface area contributed by atoms with Crippen molar-refractivity contribution >= 4 is 12.0 Å². The minimum Gasteiger partial charge on any atom is -0.493 e. The van der Waals surface area contributed by atoms with E-state index < -0.39 is 4.92 Å². The zero-order chi connectivity index (χ0) is 12.7. The maximum atomic E-state index is 10.6. The van der Waals surface area contributed by atoms with Gasteiger partial charge in [-0.2, -0.15) is 0 Å². The molecule has 0 N–H and O–H groups in total. The van der Waals surface area contributed by atoms with E-state index >= 15 is 0 Å². The molecule has 1 aromatic carbocycles. The molecule has 0 aliphatic heterocycles. The van der Waals surface area contributed by atoms with E-state index in [0.717, 1.165) is 19.1 Å². The van der Waals surface area contributed by atoms with Gasteiger partial charge in [0.2, 0.25) is 0 Å². The molecule has 0 aliphatic rings. The quantitative estimate of drug-likeness (QED) is 0.315. The molecule has 0 saturated heterocycles. The van der Waals surface area contributed by atoms with Crippen LogP contribution >= 0.6 is 0 Å². The summed E-state index contributed by atoms with van der Waals surface area (Å²) >= 11 is 0. The monoisotopic (exact) mass is 236 g/mol. The molecule has 0 aliphatic carbocycles. The molecule has 5 nitrogen and oxygen atoms in total. The van der Waals surface area contributed by atoms with Crippen LogP contribution in [0.2, 0.25) is 0 Å². The number of nitro benzene ring substituents is 1. The van der Waals surface area contributed by atoms with Crippen LogP contribution in [-0.4, -0.2) is 17.8 Å². The predicted octanol–water partition coefficient (Wildman–Crippen LogP) is 2.52. The van der Waals surface area contributed by atoms with Gasteiger partial charge in [0, 0.05) is 12.5 Å². The molecule has 0 unspecified atom stereocenters. The minimum absolute atomic E-state index is 0.0274. The smallest absolute Gasteiger partial charge is 0.273 e. The summed E-state index contributed by atoms with van der Waals surface area (Å²) in [6.45, 7) is 4.09. The summed E-state index contributed by atoms with van der Waals surface area (Å²) < 4.78 is 5.36. The number of carbonyl (C=O) groups is 1. The van der Waals surface area contributed by atoms with Gasteiger partial charge in [-0.25, -0.2) is 0 Å². The molecule has 17 heavy (non-hydrogen) atoms. The van der Waals surface area contributed by atoms with E-state index in [1.165, 1.54) is 12.1 Å². The Morgan fingerprint density at radius 2 is 2.12 bits per heavy atom. The molecule has 0 heterocycles. The van der Waals surface area contributed by atoms with Crippen molar-refractivity contribution in [3.63, 3.8) is 0 Å². The third kappa shape index (κ3) is 4.63. The van der Waals surface area contributed by atoms with Crippen LogP contribution in [0.4, 0.5) is 5.69 Å². The SMILES string of the molecule is [CH2]c1cc(OCCCCC=O)cc([N+](=O)[O-])c1. The summed E-state index contributed by atoms with van der Waals surface area (Å²) in [5.41, 5.74) is 0.516. The van der Waals surface area contributed by atoms with Crippen molar-refractivity contribution in [2.45, 2.75) is 19.3 Å². The molecule has 0 bridgehead atoms. The lowest BCUT2D eigenvalue weighted by molar-refractivity contribution is -0.385. The number of hydrogen-bond donors (Lipinski definition) is 0. The van der Waals surface area contributed by atoms with Crippen molar-refractivity contribution in [1.29, 1.82) is 0 Å². The third-order valence-corrected chi connectivity index (χ3v) is 2.15. The van der Waals surface area contributed by atoms with Gasteiger partial charge in [-0.15, -0.1) is 0 Å². The largest absolute Gasteiger partial charge is 0.493 e. The number of rotatable bonds is 7. The van der Waals surface area contributed by atoms with Gasteiger partial charge < -0.3 is 9.53 Å². The fraction of sp³-hybridized carbons (Fsp3) is 0.333. The van der Waals surface area contributed by atoms with E-state index in [-0.39, 0.29) is 5.69 Å². The number of non-ortho nitro benzene ring substituents is 1. The zero-order valence-corrected chi connectivity index (χ0v) is 9.43. The Kier molecular flexibility index (Phi) is 5.13.